The second-order valence-corrected chi connectivity index (χ2v) is 5.00. The van der Waals surface area contributed by atoms with Crippen LogP contribution in [0, 0.1) is 0 Å². The Balaban J connectivity index is 2.22. The van der Waals surface area contributed by atoms with Crippen LogP contribution in [0.4, 0.5) is 5.69 Å². The highest BCUT2D eigenvalue weighted by molar-refractivity contribution is 6.36. The zero-order valence-electron chi connectivity index (χ0n) is 10.9. The van der Waals surface area contributed by atoms with E-state index in [2.05, 4.69) is 0 Å². The van der Waals surface area contributed by atoms with Gasteiger partial charge in [-0.05, 0) is 17.2 Å². The molecule has 3 rings (SSSR count). The molecule has 2 heteroatoms. The van der Waals surface area contributed by atoms with Crippen LogP contribution in [0.15, 0.2) is 72.8 Å². The third kappa shape index (κ3) is 2.28. The molecule has 0 unspecified atom stereocenters. The van der Waals surface area contributed by atoms with E-state index in [4.69, 9.17) is 17.3 Å². The molecule has 0 aromatic heterocycles. The molecule has 1 nitrogen and oxygen atoms in total. The maximum atomic E-state index is 6.60. The third-order valence-corrected chi connectivity index (χ3v) is 3.71. The average Bonchev–Trinajstić information content (AvgIpc) is 2.49. The van der Waals surface area contributed by atoms with Gasteiger partial charge >= 0.3 is 0 Å². The highest BCUT2D eigenvalue weighted by Crippen LogP contribution is 2.39. The summed E-state index contributed by atoms with van der Waals surface area (Å²) in [4.78, 5) is 0. The highest BCUT2D eigenvalue weighted by atomic mass is 35.5. The number of nitrogen functional groups attached to an aromatic ring is 1. The zero-order chi connectivity index (χ0) is 13.9. The van der Waals surface area contributed by atoms with Crippen LogP contribution in [-0.2, 0) is 0 Å². The van der Waals surface area contributed by atoms with E-state index in [9.17, 15) is 0 Å². The first-order chi connectivity index (χ1) is 9.77. The summed E-state index contributed by atoms with van der Waals surface area (Å²) in [5, 5.41) is 0.697. The van der Waals surface area contributed by atoms with E-state index in [1.807, 2.05) is 72.8 Å². The van der Waals surface area contributed by atoms with E-state index in [1.54, 1.807) is 0 Å². The lowest BCUT2D eigenvalue weighted by Crippen LogP contribution is -1.93. The van der Waals surface area contributed by atoms with Crippen LogP contribution in [0.3, 0.4) is 0 Å². The number of anilines is 1. The lowest BCUT2D eigenvalue weighted by Gasteiger charge is -2.13. The van der Waals surface area contributed by atoms with Crippen molar-refractivity contribution in [2.75, 3.05) is 5.73 Å². The molecular weight excluding hydrogens is 266 g/mol. The third-order valence-electron chi connectivity index (χ3n) is 3.32. The van der Waals surface area contributed by atoms with Crippen LogP contribution >= 0.6 is 11.6 Å². The van der Waals surface area contributed by atoms with Crippen molar-refractivity contribution in [1.29, 1.82) is 0 Å². The van der Waals surface area contributed by atoms with Crippen molar-refractivity contribution >= 4 is 17.3 Å². The Hall–Kier alpha value is -2.25. The van der Waals surface area contributed by atoms with Gasteiger partial charge in [0.2, 0.25) is 0 Å². The van der Waals surface area contributed by atoms with Gasteiger partial charge in [-0.3, -0.25) is 0 Å². The molecule has 0 radical (unpaired) electrons. The summed E-state index contributed by atoms with van der Waals surface area (Å²) in [7, 11) is 0. The van der Waals surface area contributed by atoms with Gasteiger partial charge in [-0.25, -0.2) is 0 Å². The van der Waals surface area contributed by atoms with Gasteiger partial charge in [0, 0.05) is 16.8 Å². The molecule has 0 bridgehead atoms. The predicted molar refractivity (Wildman–Crippen MR) is 86.7 cm³/mol. The summed E-state index contributed by atoms with van der Waals surface area (Å²) >= 11 is 6.60. The number of benzene rings is 3. The zero-order valence-corrected chi connectivity index (χ0v) is 11.6. The maximum absolute atomic E-state index is 6.60. The monoisotopic (exact) mass is 279 g/mol. The predicted octanol–water partition coefficient (Wildman–Crippen LogP) is 5.26. The summed E-state index contributed by atoms with van der Waals surface area (Å²) < 4.78 is 0. The molecule has 0 fully saturated rings. The molecule has 2 N–H and O–H groups in total. The van der Waals surface area contributed by atoms with E-state index in [0.717, 1.165) is 22.3 Å². The molecule has 0 aliphatic rings. The number of halogens is 1. The van der Waals surface area contributed by atoms with Crippen molar-refractivity contribution in [3.8, 4) is 22.3 Å². The van der Waals surface area contributed by atoms with Crippen molar-refractivity contribution in [1.82, 2.24) is 0 Å². The molecule has 0 saturated carbocycles. The van der Waals surface area contributed by atoms with E-state index in [0.29, 0.717) is 10.7 Å². The first kappa shape index (κ1) is 12.8. The molecule has 0 heterocycles. The number of hydrogen-bond acceptors (Lipinski definition) is 1. The molecular formula is C18H14ClN. The minimum atomic E-state index is 0.695. The van der Waals surface area contributed by atoms with Crippen molar-refractivity contribution in [3.63, 3.8) is 0 Å². The van der Waals surface area contributed by atoms with Gasteiger partial charge in [-0.15, -0.1) is 0 Å². The van der Waals surface area contributed by atoms with Gasteiger partial charge in [0.25, 0.3) is 0 Å². The standard InChI is InChI=1S/C18H14ClN/c19-18-15(13-7-3-1-4-8-13)11-12-16(20)17(18)14-9-5-2-6-10-14/h1-12H,20H2. The quantitative estimate of drug-likeness (QED) is 0.637. The lowest BCUT2D eigenvalue weighted by molar-refractivity contribution is 1.58. The Kier molecular flexibility index (Phi) is 3.44. The van der Waals surface area contributed by atoms with Crippen molar-refractivity contribution in [2.24, 2.45) is 0 Å². The molecule has 20 heavy (non-hydrogen) atoms. The van der Waals surface area contributed by atoms with Crippen LogP contribution in [0.1, 0.15) is 0 Å². The highest BCUT2D eigenvalue weighted by Gasteiger charge is 2.12. The molecule has 0 saturated heterocycles. The molecule has 3 aromatic rings. The van der Waals surface area contributed by atoms with E-state index >= 15 is 0 Å². The van der Waals surface area contributed by atoms with E-state index in [-0.39, 0.29) is 0 Å². The fraction of sp³-hybridized carbons (Fsp3) is 0. The minimum absolute atomic E-state index is 0.695. The Morgan fingerprint density at radius 1 is 0.650 bits per heavy atom. The lowest BCUT2D eigenvalue weighted by atomic mass is 9.97. The first-order valence-corrected chi connectivity index (χ1v) is 6.84. The fourth-order valence-electron chi connectivity index (χ4n) is 2.33. The van der Waals surface area contributed by atoms with Crippen LogP contribution in [0.25, 0.3) is 22.3 Å². The SMILES string of the molecule is Nc1ccc(-c2ccccc2)c(Cl)c1-c1ccccc1. The van der Waals surface area contributed by atoms with Crippen LogP contribution in [0.5, 0.6) is 0 Å². The summed E-state index contributed by atoms with van der Waals surface area (Å²) in [6.07, 6.45) is 0. The Morgan fingerprint density at radius 3 is 1.80 bits per heavy atom. The molecule has 0 atom stereocenters. The summed E-state index contributed by atoms with van der Waals surface area (Å²) in [6.45, 7) is 0. The number of rotatable bonds is 2. The van der Waals surface area contributed by atoms with Gasteiger partial charge in [-0.2, -0.15) is 0 Å². The second kappa shape index (κ2) is 5.40. The van der Waals surface area contributed by atoms with Crippen molar-refractivity contribution < 1.29 is 0 Å². The Labute approximate surface area is 123 Å². The average molecular weight is 280 g/mol. The van der Waals surface area contributed by atoms with Gasteiger partial charge in [0.15, 0.2) is 0 Å². The Morgan fingerprint density at radius 2 is 1.20 bits per heavy atom. The summed E-state index contributed by atoms with van der Waals surface area (Å²) in [5.41, 5.74) is 10.8. The van der Waals surface area contributed by atoms with Gasteiger partial charge < -0.3 is 5.73 Å². The molecule has 0 amide bonds. The van der Waals surface area contributed by atoms with Gasteiger partial charge in [-0.1, -0.05) is 78.3 Å². The molecule has 3 aromatic carbocycles. The Bertz CT molecular complexity index is 721. The van der Waals surface area contributed by atoms with E-state index < -0.39 is 0 Å². The van der Waals surface area contributed by atoms with Gasteiger partial charge in [0.1, 0.15) is 0 Å². The maximum Gasteiger partial charge on any atom is 0.0583 e. The number of nitrogens with two attached hydrogens (primary N) is 1. The minimum Gasteiger partial charge on any atom is -0.398 e. The second-order valence-electron chi connectivity index (χ2n) is 4.62. The van der Waals surface area contributed by atoms with Crippen molar-refractivity contribution in [2.45, 2.75) is 0 Å². The summed E-state index contributed by atoms with van der Waals surface area (Å²) in [6, 6.07) is 24.0. The van der Waals surface area contributed by atoms with Crippen molar-refractivity contribution in [3.05, 3.63) is 77.8 Å². The van der Waals surface area contributed by atoms with Gasteiger partial charge in [0.05, 0.1) is 5.02 Å². The van der Waals surface area contributed by atoms with Crippen LogP contribution in [-0.4, -0.2) is 0 Å². The number of hydrogen-bond donors (Lipinski definition) is 1. The van der Waals surface area contributed by atoms with Crippen LogP contribution in [0.2, 0.25) is 5.02 Å². The smallest absolute Gasteiger partial charge is 0.0583 e. The van der Waals surface area contributed by atoms with Crippen LogP contribution < -0.4 is 5.73 Å². The molecule has 0 aliphatic heterocycles. The fourth-order valence-corrected chi connectivity index (χ4v) is 2.72. The largest absolute Gasteiger partial charge is 0.398 e. The molecule has 0 aliphatic carbocycles. The molecule has 98 valence electrons. The van der Waals surface area contributed by atoms with E-state index in [1.165, 1.54) is 0 Å². The summed E-state index contributed by atoms with van der Waals surface area (Å²) in [5.74, 6) is 0. The molecule has 0 spiro atoms. The first-order valence-electron chi connectivity index (χ1n) is 6.46. The normalized spacial score (nSPS) is 10.4. The topological polar surface area (TPSA) is 26.0 Å².